The molecule has 0 fully saturated rings. The molecule has 0 saturated carbocycles. The fourth-order valence-electron chi connectivity index (χ4n) is 1.02. The summed E-state index contributed by atoms with van der Waals surface area (Å²) in [5.74, 6) is 0. The van der Waals surface area contributed by atoms with Gasteiger partial charge in [0.1, 0.15) is 12.5 Å². The Kier molecular flexibility index (Phi) is 2.21. The van der Waals surface area contributed by atoms with Crippen LogP contribution in [0.2, 0.25) is 0 Å². The minimum absolute atomic E-state index is 0.248. The van der Waals surface area contributed by atoms with E-state index in [0.717, 1.165) is 5.56 Å². The van der Waals surface area contributed by atoms with Crippen LogP contribution in [0.1, 0.15) is 11.9 Å². The van der Waals surface area contributed by atoms with Crippen LogP contribution in [-0.4, -0.2) is 0 Å². The van der Waals surface area contributed by atoms with Crippen LogP contribution >= 0.6 is 22.6 Å². The molecule has 0 aromatic heterocycles. The summed E-state index contributed by atoms with van der Waals surface area (Å²) in [4.78, 5) is 0. The molecule has 0 amide bonds. The van der Waals surface area contributed by atoms with Gasteiger partial charge >= 0.3 is 0 Å². The van der Waals surface area contributed by atoms with E-state index in [9.17, 15) is 0 Å². The third kappa shape index (κ3) is 1.55. The molecule has 62 valence electrons. The number of hydrogen-bond donors (Lipinski definition) is 0. The van der Waals surface area contributed by atoms with Crippen LogP contribution in [0, 0.1) is 3.57 Å². The highest BCUT2D eigenvalue weighted by Gasteiger charge is 2.14. The summed E-state index contributed by atoms with van der Waals surface area (Å²) in [6.07, 6.45) is 2.87. The maximum absolute atomic E-state index is 5.17. The topological polar surface area (TPSA) is 18.5 Å². The molecule has 1 heterocycles. The van der Waals surface area contributed by atoms with E-state index in [4.69, 9.17) is 9.47 Å². The zero-order valence-corrected chi connectivity index (χ0v) is 8.39. The Bertz CT molecular complexity index is 284. The zero-order valence-electron chi connectivity index (χ0n) is 6.24. The van der Waals surface area contributed by atoms with Crippen molar-refractivity contribution >= 4 is 22.6 Å². The van der Waals surface area contributed by atoms with Crippen molar-refractivity contribution in [3.8, 4) is 0 Å². The molecule has 0 N–H and O–H groups in total. The molecule has 1 aliphatic rings. The Labute approximate surface area is 84.3 Å². The van der Waals surface area contributed by atoms with Crippen molar-refractivity contribution in [1.82, 2.24) is 0 Å². The van der Waals surface area contributed by atoms with E-state index in [2.05, 4.69) is 22.6 Å². The second kappa shape index (κ2) is 3.35. The molecule has 0 radical (unpaired) electrons. The molecule has 1 aromatic carbocycles. The van der Waals surface area contributed by atoms with Crippen molar-refractivity contribution in [1.29, 1.82) is 0 Å². The fourth-order valence-corrected chi connectivity index (χ4v) is 1.38. The highest BCUT2D eigenvalue weighted by atomic mass is 127. The molecule has 0 bridgehead atoms. The van der Waals surface area contributed by atoms with Crippen LogP contribution in [0.3, 0.4) is 0 Å². The Balaban J connectivity index is 2.18. The van der Waals surface area contributed by atoms with E-state index >= 15 is 0 Å². The molecule has 0 spiro atoms. The maximum atomic E-state index is 5.17. The summed E-state index contributed by atoms with van der Waals surface area (Å²) in [5, 5.41) is 0. The first-order valence-electron chi connectivity index (χ1n) is 3.58. The third-order valence-corrected chi connectivity index (χ3v) is 2.32. The van der Waals surface area contributed by atoms with E-state index in [0.29, 0.717) is 0 Å². The Morgan fingerprint density at radius 2 is 1.58 bits per heavy atom. The van der Waals surface area contributed by atoms with Crippen molar-refractivity contribution in [3.63, 3.8) is 0 Å². The summed E-state index contributed by atoms with van der Waals surface area (Å²) < 4.78 is 11.6. The lowest BCUT2D eigenvalue weighted by Crippen LogP contribution is -1.96. The first-order chi connectivity index (χ1) is 5.86. The second-order valence-electron chi connectivity index (χ2n) is 2.43. The van der Waals surface area contributed by atoms with Crippen LogP contribution < -0.4 is 0 Å². The van der Waals surface area contributed by atoms with Crippen molar-refractivity contribution in [2.75, 3.05) is 0 Å². The Morgan fingerprint density at radius 1 is 1.00 bits per heavy atom. The Morgan fingerprint density at radius 3 is 2.17 bits per heavy atom. The minimum atomic E-state index is -0.248. The molecule has 1 aromatic rings. The maximum Gasteiger partial charge on any atom is 0.266 e. The SMILES string of the molecule is Ic1ccc(C2OC=CO2)cc1. The quantitative estimate of drug-likeness (QED) is 0.733. The standard InChI is InChI=1S/C9H7IO2/c10-8-3-1-7(2-4-8)9-11-5-6-12-9/h1-6,9H. The van der Waals surface area contributed by atoms with Gasteiger partial charge in [-0.2, -0.15) is 0 Å². The van der Waals surface area contributed by atoms with Gasteiger partial charge in [-0.15, -0.1) is 0 Å². The fraction of sp³-hybridized carbons (Fsp3) is 0.111. The van der Waals surface area contributed by atoms with E-state index < -0.39 is 0 Å². The lowest BCUT2D eigenvalue weighted by Gasteiger charge is -2.09. The Hall–Kier alpha value is -0.710. The molecule has 0 saturated heterocycles. The molecule has 1 aliphatic heterocycles. The molecule has 2 nitrogen and oxygen atoms in total. The van der Waals surface area contributed by atoms with Gasteiger partial charge < -0.3 is 9.47 Å². The van der Waals surface area contributed by atoms with Crippen LogP contribution in [0.25, 0.3) is 0 Å². The minimum Gasteiger partial charge on any atom is -0.455 e. The molecule has 0 unspecified atom stereocenters. The summed E-state index contributed by atoms with van der Waals surface area (Å²) in [5.41, 5.74) is 1.04. The van der Waals surface area contributed by atoms with E-state index in [-0.39, 0.29) is 6.29 Å². The van der Waals surface area contributed by atoms with Crippen LogP contribution in [-0.2, 0) is 9.47 Å². The lowest BCUT2D eigenvalue weighted by atomic mass is 10.2. The first kappa shape index (κ1) is 7.91. The number of benzene rings is 1. The van der Waals surface area contributed by atoms with Crippen molar-refractivity contribution in [2.24, 2.45) is 0 Å². The normalized spacial score (nSPS) is 15.8. The molecule has 12 heavy (non-hydrogen) atoms. The molecule has 0 aliphatic carbocycles. The van der Waals surface area contributed by atoms with Gasteiger partial charge in [0, 0.05) is 9.13 Å². The van der Waals surface area contributed by atoms with Gasteiger partial charge in [0.2, 0.25) is 0 Å². The zero-order chi connectivity index (χ0) is 8.39. The molecular formula is C9H7IO2. The largest absolute Gasteiger partial charge is 0.455 e. The number of ether oxygens (including phenoxy) is 2. The van der Waals surface area contributed by atoms with Gasteiger partial charge in [-0.3, -0.25) is 0 Å². The van der Waals surface area contributed by atoms with Gasteiger partial charge in [-0.25, -0.2) is 0 Å². The molecule has 3 heteroatoms. The summed E-state index contributed by atoms with van der Waals surface area (Å²) in [7, 11) is 0. The van der Waals surface area contributed by atoms with Crippen molar-refractivity contribution in [3.05, 3.63) is 45.9 Å². The van der Waals surface area contributed by atoms with Gasteiger partial charge in [0.05, 0.1) is 0 Å². The van der Waals surface area contributed by atoms with Gasteiger partial charge in [0.15, 0.2) is 0 Å². The molecular weight excluding hydrogens is 267 g/mol. The van der Waals surface area contributed by atoms with Gasteiger partial charge in [-0.1, -0.05) is 12.1 Å². The monoisotopic (exact) mass is 274 g/mol. The average Bonchev–Trinajstić information content (AvgIpc) is 2.58. The van der Waals surface area contributed by atoms with Gasteiger partial charge in [-0.05, 0) is 34.7 Å². The predicted octanol–water partition coefficient (Wildman–Crippen LogP) is 2.81. The highest BCUT2D eigenvalue weighted by molar-refractivity contribution is 14.1. The highest BCUT2D eigenvalue weighted by Crippen LogP contribution is 2.24. The summed E-state index contributed by atoms with van der Waals surface area (Å²) in [6, 6.07) is 8.06. The van der Waals surface area contributed by atoms with E-state index in [1.807, 2.05) is 24.3 Å². The van der Waals surface area contributed by atoms with E-state index in [1.54, 1.807) is 12.5 Å². The second-order valence-corrected chi connectivity index (χ2v) is 3.67. The third-order valence-electron chi connectivity index (χ3n) is 1.60. The first-order valence-corrected chi connectivity index (χ1v) is 4.65. The van der Waals surface area contributed by atoms with Crippen LogP contribution in [0.4, 0.5) is 0 Å². The smallest absolute Gasteiger partial charge is 0.266 e. The van der Waals surface area contributed by atoms with Crippen molar-refractivity contribution < 1.29 is 9.47 Å². The number of rotatable bonds is 1. The number of hydrogen-bond acceptors (Lipinski definition) is 2. The summed E-state index contributed by atoms with van der Waals surface area (Å²) in [6.45, 7) is 0. The average molecular weight is 274 g/mol. The molecule has 0 atom stereocenters. The van der Waals surface area contributed by atoms with Crippen LogP contribution in [0.15, 0.2) is 36.8 Å². The number of halogens is 1. The lowest BCUT2D eigenvalue weighted by molar-refractivity contribution is -0.0246. The summed E-state index contributed by atoms with van der Waals surface area (Å²) >= 11 is 2.26. The predicted molar refractivity (Wildman–Crippen MR) is 53.2 cm³/mol. The molecule has 2 rings (SSSR count). The van der Waals surface area contributed by atoms with Gasteiger partial charge in [0.25, 0.3) is 6.29 Å². The van der Waals surface area contributed by atoms with Crippen molar-refractivity contribution in [2.45, 2.75) is 6.29 Å². The van der Waals surface area contributed by atoms with Crippen LogP contribution in [0.5, 0.6) is 0 Å². The van der Waals surface area contributed by atoms with E-state index in [1.165, 1.54) is 3.57 Å².